The Morgan fingerprint density at radius 3 is 2.37 bits per heavy atom. The van der Waals surface area contributed by atoms with Gasteiger partial charge in [0.25, 0.3) is 5.91 Å². The van der Waals surface area contributed by atoms with E-state index in [9.17, 15) is 9.18 Å². The maximum absolute atomic E-state index is 14.9. The van der Waals surface area contributed by atoms with Crippen molar-refractivity contribution in [2.75, 3.05) is 19.7 Å². The summed E-state index contributed by atoms with van der Waals surface area (Å²) in [6, 6.07) is 8.94. The second-order valence-corrected chi connectivity index (χ2v) is 11.4. The first-order chi connectivity index (χ1) is 16.9. The molecule has 1 N–H and O–H groups in total. The lowest BCUT2D eigenvalue weighted by Crippen LogP contribution is -2.35. The van der Waals surface area contributed by atoms with E-state index < -0.39 is 5.82 Å². The number of hydrogen-bond donors (Lipinski definition) is 1. The molecule has 1 aliphatic heterocycles. The van der Waals surface area contributed by atoms with Gasteiger partial charge in [0, 0.05) is 28.7 Å². The molecule has 5 rings (SSSR count). The number of halogens is 3. The van der Waals surface area contributed by atoms with Gasteiger partial charge in [0.05, 0.1) is 12.2 Å². The van der Waals surface area contributed by atoms with Crippen molar-refractivity contribution in [2.45, 2.75) is 64.0 Å². The number of hydrogen-bond acceptors (Lipinski definition) is 3. The normalized spacial score (nSPS) is 20.0. The van der Waals surface area contributed by atoms with Crippen molar-refractivity contribution in [1.82, 2.24) is 10.2 Å². The summed E-state index contributed by atoms with van der Waals surface area (Å²) in [6.45, 7) is 5.34. The van der Waals surface area contributed by atoms with E-state index >= 15 is 0 Å². The van der Waals surface area contributed by atoms with Gasteiger partial charge in [-0.2, -0.15) is 0 Å². The van der Waals surface area contributed by atoms with Crippen molar-refractivity contribution >= 4 is 29.1 Å². The summed E-state index contributed by atoms with van der Waals surface area (Å²) in [5.74, 6) is 1.11. The predicted molar refractivity (Wildman–Crippen MR) is 138 cm³/mol. The average molecular weight is 519 g/mol. The van der Waals surface area contributed by atoms with Gasteiger partial charge in [0.2, 0.25) is 0 Å². The smallest absolute Gasteiger partial charge is 0.254 e. The van der Waals surface area contributed by atoms with E-state index in [0.717, 1.165) is 69.3 Å². The Morgan fingerprint density at radius 1 is 1.06 bits per heavy atom. The van der Waals surface area contributed by atoms with Crippen molar-refractivity contribution in [3.63, 3.8) is 0 Å². The van der Waals surface area contributed by atoms with E-state index in [1.54, 1.807) is 12.1 Å². The molecule has 1 atom stereocenters. The number of nitrogens with one attached hydrogen (secondary N) is 1. The fourth-order valence-electron chi connectivity index (χ4n) is 5.06. The Labute approximate surface area is 217 Å². The molecule has 3 aliphatic rings. The van der Waals surface area contributed by atoms with E-state index in [1.165, 1.54) is 6.07 Å². The van der Waals surface area contributed by atoms with E-state index in [2.05, 4.69) is 10.2 Å². The van der Waals surface area contributed by atoms with Crippen LogP contribution in [0.15, 0.2) is 30.3 Å². The Bertz CT molecular complexity index is 1060. The number of nitrogens with zero attached hydrogens (tertiary/aromatic N) is 1. The van der Waals surface area contributed by atoms with Gasteiger partial charge >= 0.3 is 0 Å². The highest BCUT2D eigenvalue weighted by Gasteiger charge is 2.32. The maximum atomic E-state index is 14.9. The monoisotopic (exact) mass is 518 g/mol. The Morgan fingerprint density at radius 2 is 1.74 bits per heavy atom. The van der Waals surface area contributed by atoms with E-state index in [1.807, 2.05) is 19.1 Å². The molecule has 2 saturated carbocycles. The van der Waals surface area contributed by atoms with Gasteiger partial charge in [-0.3, -0.25) is 9.69 Å². The van der Waals surface area contributed by atoms with Gasteiger partial charge in [-0.25, -0.2) is 4.39 Å². The van der Waals surface area contributed by atoms with Crippen molar-refractivity contribution in [1.29, 1.82) is 0 Å². The molecule has 0 spiro atoms. The van der Waals surface area contributed by atoms with Gasteiger partial charge in [0.15, 0.2) is 0 Å². The molecule has 1 amide bonds. The molecule has 2 aromatic carbocycles. The molecule has 0 radical (unpaired) electrons. The lowest BCUT2D eigenvalue weighted by molar-refractivity contribution is 0.0931. The number of carbonyl (C=O) groups excluding carboxylic acids is 1. The molecular formula is C28H33Cl2FN2O2. The van der Waals surface area contributed by atoms with Gasteiger partial charge < -0.3 is 10.1 Å². The zero-order chi connectivity index (χ0) is 24.5. The Balaban J connectivity index is 1.17. The first-order valence-corrected chi connectivity index (χ1v) is 13.6. The van der Waals surface area contributed by atoms with Crippen LogP contribution in [-0.2, 0) is 6.54 Å². The van der Waals surface area contributed by atoms with Crippen LogP contribution < -0.4 is 10.1 Å². The number of likely N-dealkylation sites (tertiary alicyclic amines) is 1. The highest BCUT2D eigenvalue weighted by molar-refractivity contribution is 6.34. The second-order valence-electron chi connectivity index (χ2n) is 10.6. The van der Waals surface area contributed by atoms with Crippen molar-refractivity contribution < 1.29 is 13.9 Å². The fraction of sp³-hybridized carbons (Fsp3) is 0.536. The zero-order valence-corrected chi connectivity index (χ0v) is 21.7. The third-order valence-electron chi connectivity index (χ3n) is 7.56. The zero-order valence-electron chi connectivity index (χ0n) is 20.2. The maximum Gasteiger partial charge on any atom is 0.254 e. The summed E-state index contributed by atoms with van der Waals surface area (Å²) in [7, 11) is 0. The molecule has 1 heterocycles. The minimum absolute atomic E-state index is 0.0870. The van der Waals surface area contributed by atoms with Crippen LogP contribution in [0.2, 0.25) is 10.0 Å². The van der Waals surface area contributed by atoms with Crippen LogP contribution >= 0.6 is 23.2 Å². The summed E-state index contributed by atoms with van der Waals surface area (Å²) in [6.07, 6.45) is 6.45. The molecule has 3 fully saturated rings. The van der Waals surface area contributed by atoms with E-state index in [4.69, 9.17) is 27.9 Å². The van der Waals surface area contributed by atoms with Crippen LogP contribution in [0.25, 0.3) is 0 Å². The van der Waals surface area contributed by atoms with Crippen LogP contribution in [0, 0.1) is 17.7 Å². The lowest BCUT2D eigenvalue weighted by atomic mass is 9.97. The van der Waals surface area contributed by atoms with Crippen molar-refractivity contribution in [3.8, 4) is 5.75 Å². The molecule has 1 unspecified atom stereocenters. The van der Waals surface area contributed by atoms with Crippen LogP contribution in [0.3, 0.4) is 0 Å². The Hall–Kier alpha value is -1.82. The number of amides is 1. The highest BCUT2D eigenvalue weighted by atomic mass is 35.5. The molecule has 7 heteroatoms. The van der Waals surface area contributed by atoms with Gasteiger partial charge in [-0.1, -0.05) is 23.2 Å². The summed E-state index contributed by atoms with van der Waals surface area (Å²) in [5.41, 5.74) is 2.24. The van der Waals surface area contributed by atoms with Crippen LogP contribution in [-0.4, -0.2) is 36.5 Å². The number of ether oxygens (including phenoxy) is 1. The SMILES string of the molecule is CC(NC(=O)c1cc(C2CC2)c(OCC2CCN(Cc3cc(Cl)cc(Cl)c3)CC2)cc1F)C1CC1. The lowest BCUT2D eigenvalue weighted by Gasteiger charge is -2.32. The first kappa shape index (κ1) is 24.9. The number of piperidine rings is 1. The third kappa shape index (κ3) is 6.49. The minimum Gasteiger partial charge on any atom is -0.493 e. The summed E-state index contributed by atoms with van der Waals surface area (Å²) < 4.78 is 21.1. The topological polar surface area (TPSA) is 41.6 Å². The van der Waals surface area contributed by atoms with Crippen LogP contribution in [0.1, 0.15) is 72.9 Å². The van der Waals surface area contributed by atoms with E-state index in [0.29, 0.717) is 40.2 Å². The first-order valence-electron chi connectivity index (χ1n) is 12.8. The molecule has 1 saturated heterocycles. The molecule has 4 nitrogen and oxygen atoms in total. The summed E-state index contributed by atoms with van der Waals surface area (Å²) in [5, 5.41) is 4.30. The minimum atomic E-state index is -0.500. The van der Waals surface area contributed by atoms with Gasteiger partial charge in [0.1, 0.15) is 11.6 Å². The molecule has 0 aromatic heterocycles. The summed E-state index contributed by atoms with van der Waals surface area (Å²) in [4.78, 5) is 15.1. The Kier molecular flexibility index (Phi) is 7.57. The molecule has 0 bridgehead atoms. The third-order valence-corrected chi connectivity index (χ3v) is 8.00. The number of benzene rings is 2. The van der Waals surface area contributed by atoms with Crippen LogP contribution in [0.5, 0.6) is 5.75 Å². The van der Waals surface area contributed by atoms with Crippen LogP contribution in [0.4, 0.5) is 4.39 Å². The van der Waals surface area contributed by atoms with Crippen molar-refractivity contribution in [2.24, 2.45) is 11.8 Å². The highest BCUT2D eigenvalue weighted by Crippen LogP contribution is 2.45. The molecule has 35 heavy (non-hydrogen) atoms. The predicted octanol–water partition coefficient (Wildman–Crippen LogP) is 6.83. The number of carbonyl (C=O) groups is 1. The molecule has 2 aliphatic carbocycles. The largest absolute Gasteiger partial charge is 0.493 e. The standard InChI is InChI=1S/C28H33Cl2FN2O2/c1-17(20-2-3-20)32-28(34)25-13-24(21-4-5-21)27(14-26(25)31)35-16-18-6-8-33(9-7-18)15-19-10-22(29)12-23(30)11-19/h10-14,17-18,20-21H,2-9,15-16H2,1H3,(H,32,34). The quantitative estimate of drug-likeness (QED) is 0.395. The molecular weight excluding hydrogens is 486 g/mol. The summed E-state index contributed by atoms with van der Waals surface area (Å²) >= 11 is 12.3. The van der Waals surface area contributed by atoms with E-state index in [-0.39, 0.29) is 17.5 Å². The molecule has 188 valence electrons. The number of rotatable bonds is 9. The second kappa shape index (κ2) is 10.7. The average Bonchev–Trinajstić information content (AvgIpc) is 3.71. The van der Waals surface area contributed by atoms with Gasteiger partial charge in [-0.15, -0.1) is 0 Å². The van der Waals surface area contributed by atoms with Gasteiger partial charge in [-0.05, 0) is 112 Å². The van der Waals surface area contributed by atoms with Crippen molar-refractivity contribution in [3.05, 3.63) is 62.9 Å². The molecule has 2 aromatic rings. The fourth-order valence-corrected chi connectivity index (χ4v) is 5.63.